The van der Waals surface area contributed by atoms with Gasteiger partial charge in [-0.05, 0) is 31.2 Å². The van der Waals surface area contributed by atoms with Gasteiger partial charge in [0.05, 0.1) is 11.7 Å². The van der Waals surface area contributed by atoms with Crippen LogP contribution < -0.4 is 0 Å². The zero-order valence-electron chi connectivity index (χ0n) is 10.2. The van der Waals surface area contributed by atoms with Gasteiger partial charge in [0.1, 0.15) is 0 Å². The van der Waals surface area contributed by atoms with Gasteiger partial charge in [0, 0.05) is 22.2 Å². The molecule has 0 amide bonds. The van der Waals surface area contributed by atoms with Crippen LogP contribution in [0.25, 0.3) is 0 Å². The molecular weight excluding hydrogens is 268 g/mol. The Morgan fingerprint density at radius 2 is 2.28 bits per heavy atom. The highest BCUT2D eigenvalue weighted by Gasteiger charge is 2.19. The van der Waals surface area contributed by atoms with Gasteiger partial charge in [-0.2, -0.15) is 0 Å². The number of benzene rings is 1. The number of carbonyl (C=O) groups is 1. The lowest BCUT2D eigenvalue weighted by Crippen LogP contribution is -2.09. The van der Waals surface area contributed by atoms with E-state index >= 15 is 0 Å². The van der Waals surface area contributed by atoms with Crippen LogP contribution in [-0.4, -0.2) is 35.8 Å². The Morgan fingerprint density at radius 1 is 1.50 bits per heavy atom. The predicted molar refractivity (Wildman–Crippen MR) is 74.9 cm³/mol. The third-order valence-corrected chi connectivity index (χ3v) is 4.84. The normalized spacial score (nSPS) is 19.1. The van der Waals surface area contributed by atoms with Crippen molar-refractivity contribution >= 4 is 29.5 Å². The number of aromatic carboxylic acids is 1. The number of carboxylic acid groups (broad SMARTS) is 1. The fourth-order valence-electron chi connectivity index (χ4n) is 1.97. The van der Waals surface area contributed by atoms with E-state index in [0.29, 0.717) is 5.56 Å². The van der Waals surface area contributed by atoms with Crippen LogP contribution in [0, 0.1) is 0 Å². The molecule has 5 heteroatoms. The van der Waals surface area contributed by atoms with Gasteiger partial charge in [-0.1, -0.05) is 6.07 Å². The van der Waals surface area contributed by atoms with E-state index in [2.05, 4.69) is 0 Å². The molecule has 0 saturated carbocycles. The van der Waals surface area contributed by atoms with Crippen LogP contribution in [0.15, 0.2) is 28.0 Å². The summed E-state index contributed by atoms with van der Waals surface area (Å²) >= 11 is 3.05. The standard InChI is InChI=1S/C13H16O3S2/c1-17-10-5-2-6-11(12(10)13(14)15)18-8-9-4-3-7-16-9/h2,5-6,9H,3-4,7-8H2,1H3,(H,14,15). The minimum absolute atomic E-state index is 0.273. The molecule has 1 aromatic carbocycles. The highest BCUT2D eigenvalue weighted by atomic mass is 32.2. The first-order valence-corrected chi connectivity index (χ1v) is 8.08. The first kappa shape index (κ1) is 13.8. The fraction of sp³-hybridized carbons (Fsp3) is 0.462. The first-order chi connectivity index (χ1) is 8.72. The molecule has 1 atom stereocenters. The van der Waals surface area contributed by atoms with Crippen LogP contribution in [0.5, 0.6) is 0 Å². The Bertz CT molecular complexity index is 428. The van der Waals surface area contributed by atoms with E-state index in [4.69, 9.17) is 4.74 Å². The molecule has 1 aliphatic rings. The monoisotopic (exact) mass is 284 g/mol. The molecule has 1 aliphatic heterocycles. The Morgan fingerprint density at radius 3 is 2.89 bits per heavy atom. The summed E-state index contributed by atoms with van der Waals surface area (Å²) in [5, 5.41) is 9.31. The second kappa shape index (κ2) is 6.50. The second-order valence-electron chi connectivity index (χ2n) is 4.08. The molecule has 0 bridgehead atoms. The van der Waals surface area contributed by atoms with Crippen LogP contribution in [0.3, 0.4) is 0 Å². The molecule has 3 nitrogen and oxygen atoms in total. The van der Waals surface area contributed by atoms with Gasteiger partial charge < -0.3 is 9.84 Å². The summed E-state index contributed by atoms with van der Waals surface area (Å²) in [6, 6.07) is 5.64. The van der Waals surface area contributed by atoms with Gasteiger partial charge in [0.25, 0.3) is 0 Å². The summed E-state index contributed by atoms with van der Waals surface area (Å²) in [7, 11) is 0. The zero-order valence-corrected chi connectivity index (χ0v) is 11.9. The van der Waals surface area contributed by atoms with E-state index in [1.54, 1.807) is 11.8 Å². The predicted octanol–water partition coefficient (Wildman–Crippen LogP) is 3.38. The number of ether oxygens (including phenoxy) is 1. The van der Waals surface area contributed by atoms with Crippen LogP contribution in [0.1, 0.15) is 23.2 Å². The Hall–Kier alpha value is -0.650. The number of hydrogen-bond donors (Lipinski definition) is 1. The highest BCUT2D eigenvalue weighted by Crippen LogP contribution is 2.32. The summed E-state index contributed by atoms with van der Waals surface area (Å²) < 4.78 is 5.56. The van der Waals surface area contributed by atoms with Gasteiger partial charge >= 0.3 is 5.97 Å². The van der Waals surface area contributed by atoms with Gasteiger partial charge in [0.2, 0.25) is 0 Å². The second-order valence-corrected chi connectivity index (χ2v) is 5.99. The van der Waals surface area contributed by atoms with Crippen molar-refractivity contribution in [3.8, 4) is 0 Å². The SMILES string of the molecule is CSc1cccc(SCC2CCCO2)c1C(=O)O. The smallest absolute Gasteiger partial charge is 0.337 e. The van der Waals surface area contributed by atoms with Crippen molar-refractivity contribution in [1.29, 1.82) is 0 Å². The molecule has 0 spiro atoms. The van der Waals surface area contributed by atoms with E-state index < -0.39 is 5.97 Å². The molecule has 0 aromatic heterocycles. The van der Waals surface area contributed by atoms with E-state index in [0.717, 1.165) is 35.0 Å². The molecule has 1 fully saturated rings. The molecular formula is C13H16O3S2. The maximum atomic E-state index is 11.3. The minimum Gasteiger partial charge on any atom is -0.478 e. The van der Waals surface area contributed by atoms with Crippen molar-refractivity contribution in [2.45, 2.75) is 28.7 Å². The van der Waals surface area contributed by atoms with Crippen molar-refractivity contribution in [3.05, 3.63) is 23.8 Å². The highest BCUT2D eigenvalue weighted by molar-refractivity contribution is 8.00. The number of thioether (sulfide) groups is 2. The van der Waals surface area contributed by atoms with E-state index in [1.807, 2.05) is 24.5 Å². The molecule has 2 rings (SSSR count). The van der Waals surface area contributed by atoms with E-state index in [9.17, 15) is 9.90 Å². The number of hydrogen-bond acceptors (Lipinski definition) is 4. The van der Waals surface area contributed by atoms with Crippen LogP contribution >= 0.6 is 23.5 Å². The summed E-state index contributed by atoms with van der Waals surface area (Å²) in [5.41, 5.74) is 0.424. The molecule has 0 radical (unpaired) electrons. The third kappa shape index (κ3) is 3.22. The van der Waals surface area contributed by atoms with Crippen molar-refractivity contribution in [1.82, 2.24) is 0 Å². The van der Waals surface area contributed by atoms with Crippen LogP contribution in [-0.2, 0) is 4.74 Å². The Kier molecular flexibility index (Phi) is 4.97. The third-order valence-electron chi connectivity index (χ3n) is 2.87. The summed E-state index contributed by atoms with van der Waals surface area (Å²) in [6.07, 6.45) is 4.37. The average molecular weight is 284 g/mol. The lowest BCUT2D eigenvalue weighted by atomic mass is 10.2. The van der Waals surface area contributed by atoms with E-state index in [-0.39, 0.29) is 6.10 Å². The molecule has 1 N–H and O–H groups in total. The lowest BCUT2D eigenvalue weighted by molar-refractivity contribution is 0.0689. The Labute approximate surface area is 115 Å². The lowest BCUT2D eigenvalue weighted by Gasteiger charge is -2.12. The summed E-state index contributed by atoms with van der Waals surface area (Å²) in [4.78, 5) is 13.0. The molecule has 1 heterocycles. The summed E-state index contributed by atoms with van der Waals surface area (Å²) in [6.45, 7) is 0.835. The van der Waals surface area contributed by atoms with Crippen LogP contribution in [0.4, 0.5) is 0 Å². The number of carboxylic acids is 1. The topological polar surface area (TPSA) is 46.5 Å². The molecule has 0 aliphatic carbocycles. The van der Waals surface area contributed by atoms with Gasteiger partial charge in [-0.25, -0.2) is 4.79 Å². The van der Waals surface area contributed by atoms with Crippen molar-refractivity contribution in [2.75, 3.05) is 18.6 Å². The van der Waals surface area contributed by atoms with Crippen molar-refractivity contribution < 1.29 is 14.6 Å². The van der Waals surface area contributed by atoms with Gasteiger partial charge in [-0.3, -0.25) is 0 Å². The minimum atomic E-state index is -0.852. The van der Waals surface area contributed by atoms with Gasteiger partial charge in [-0.15, -0.1) is 23.5 Å². The first-order valence-electron chi connectivity index (χ1n) is 5.87. The largest absolute Gasteiger partial charge is 0.478 e. The Balaban J connectivity index is 2.13. The fourth-order valence-corrected chi connectivity index (χ4v) is 3.80. The molecule has 18 heavy (non-hydrogen) atoms. The molecule has 1 saturated heterocycles. The van der Waals surface area contributed by atoms with Crippen molar-refractivity contribution in [2.24, 2.45) is 0 Å². The molecule has 1 unspecified atom stereocenters. The molecule has 98 valence electrons. The zero-order chi connectivity index (χ0) is 13.0. The van der Waals surface area contributed by atoms with E-state index in [1.165, 1.54) is 11.8 Å². The van der Waals surface area contributed by atoms with Gasteiger partial charge in [0.15, 0.2) is 0 Å². The quantitative estimate of drug-likeness (QED) is 0.840. The maximum absolute atomic E-state index is 11.3. The van der Waals surface area contributed by atoms with Crippen LogP contribution in [0.2, 0.25) is 0 Å². The summed E-state index contributed by atoms with van der Waals surface area (Å²) in [5.74, 6) is -0.0206. The maximum Gasteiger partial charge on any atom is 0.337 e. The molecule has 1 aromatic rings. The average Bonchev–Trinajstić information content (AvgIpc) is 2.88. The van der Waals surface area contributed by atoms with Crippen molar-refractivity contribution in [3.63, 3.8) is 0 Å². The number of rotatable bonds is 5.